The van der Waals surface area contributed by atoms with Crippen LogP contribution in [0.25, 0.3) is 11.0 Å². The van der Waals surface area contributed by atoms with Crippen LogP contribution in [-0.2, 0) is 21.4 Å². The van der Waals surface area contributed by atoms with Crippen molar-refractivity contribution in [3.63, 3.8) is 0 Å². The van der Waals surface area contributed by atoms with Crippen molar-refractivity contribution < 1.29 is 13.2 Å². The summed E-state index contributed by atoms with van der Waals surface area (Å²) in [6, 6.07) is 12.9. The molecule has 3 aromatic heterocycles. The second-order valence-electron chi connectivity index (χ2n) is 8.03. The topological polar surface area (TPSA) is 97.2 Å². The van der Waals surface area contributed by atoms with Gasteiger partial charge >= 0.3 is 0 Å². The van der Waals surface area contributed by atoms with Gasteiger partial charge in [-0.1, -0.05) is 12.1 Å². The Kier molecular flexibility index (Phi) is 5.86. The van der Waals surface area contributed by atoms with Crippen LogP contribution >= 0.6 is 11.3 Å². The van der Waals surface area contributed by atoms with Gasteiger partial charge in [-0.2, -0.15) is 0 Å². The largest absolute Gasteiger partial charge is 0.341 e. The first-order valence-corrected chi connectivity index (χ1v) is 13.1. The number of pyridine rings is 1. The van der Waals surface area contributed by atoms with Crippen molar-refractivity contribution in [2.24, 2.45) is 0 Å². The zero-order valence-corrected chi connectivity index (χ0v) is 19.4. The summed E-state index contributed by atoms with van der Waals surface area (Å²) in [5, 5.41) is 3.09. The van der Waals surface area contributed by atoms with E-state index in [1.807, 2.05) is 46.0 Å². The van der Waals surface area contributed by atoms with Crippen LogP contribution in [-0.4, -0.2) is 46.8 Å². The summed E-state index contributed by atoms with van der Waals surface area (Å²) in [6.45, 7) is 1.65. The predicted molar refractivity (Wildman–Crippen MR) is 128 cm³/mol. The number of piperidine rings is 1. The monoisotopic (exact) mass is 481 g/mol. The molecule has 0 bridgehead atoms. The van der Waals surface area contributed by atoms with Crippen molar-refractivity contribution in [1.29, 1.82) is 0 Å². The lowest BCUT2D eigenvalue weighted by atomic mass is 9.89. The number of aromatic nitrogens is 3. The number of amides is 1. The van der Waals surface area contributed by atoms with Crippen LogP contribution in [0.4, 0.5) is 5.13 Å². The highest BCUT2D eigenvalue weighted by atomic mass is 32.2. The number of hydrogen-bond acceptors (Lipinski definition) is 6. The third-order valence-electron chi connectivity index (χ3n) is 5.99. The second kappa shape index (κ2) is 8.95. The fourth-order valence-electron chi connectivity index (χ4n) is 4.22. The number of anilines is 1. The first-order valence-electron chi connectivity index (χ1n) is 10.7. The first-order chi connectivity index (χ1) is 16.0. The highest BCUT2D eigenvalue weighted by molar-refractivity contribution is 7.93. The highest BCUT2D eigenvalue weighted by Crippen LogP contribution is 2.29. The molecular weight excluding hydrogens is 458 g/mol. The lowest BCUT2D eigenvalue weighted by Crippen LogP contribution is -2.39. The van der Waals surface area contributed by atoms with Crippen molar-refractivity contribution in [2.45, 2.75) is 30.2 Å². The number of benzene rings is 1. The maximum absolute atomic E-state index is 12.8. The van der Waals surface area contributed by atoms with Gasteiger partial charge < -0.3 is 9.47 Å². The minimum absolute atomic E-state index is 0.0892. The molecular formula is C23H23N5O3S2. The molecule has 8 nitrogen and oxygen atoms in total. The average Bonchev–Trinajstić information content (AvgIpc) is 3.49. The third kappa shape index (κ3) is 4.62. The van der Waals surface area contributed by atoms with Crippen LogP contribution < -0.4 is 4.72 Å². The molecule has 5 rings (SSSR count). The van der Waals surface area contributed by atoms with Gasteiger partial charge in [0.2, 0.25) is 5.91 Å². The Morgan fingerprint density at radius 1 is 1.06 bits per heavy atom. The standard InChI is InChI=1S/C23H23N5O3S2/c29-21(16-28-14-9-19-2-1-10-24-22(19)28)27-12-7-18(8-13-27)17-3-5-20(6-4-17)33(30,31)26-23-25-11-15-32-23/h1-6,9-11,14-15,18H,7-8,12-13,16H2,(H,25,26). The maximum Gasteiger partial charge on any atom is 0.263 e. The van der Waals surface area contributed by atoms with Crippen LogP contribution in [0.2, 0.25) is 0 Å². The minimum atomic E-state index is -3.65. The second-order valence-corrected chi connectivity index (χ2v) is 10.6. The molecule has 0 spiro atoms. The fourth-order valence-corrected chi connectivity index (χ4v) is 6.01. The molecule has 170 valence electrons. The highest BCUT2D eigenvalue weighted by Gasteiger charge is 2.25. The van der Waals surface area contributed by atoms with Gasteiger partial charge in [0.1, 0.15) is 12.2 Å². The molecule has 1 aliphatic rings. The summed E-state index contributed by atoms with van der Waals surface area (Å²) in [4.78, 5) is 23.3. The van der Waals surface area contributed by atoms with E-state index in [0.29, 0.717) is 24.1 Å². The molecule has 0 saturated carbocycles. The van der Waals surface area contributed by atoms with Crippen molar-refractivity contribution in [1.82, 2.24) is 19.4 Å². The smallest absolute Gasteiger partial charge is 0.263 e. The number of fused-ring (bicyclic) bond motifs is 1. The van der Waals surface area contributed by atoms with Crippen LogP contribution in [0.15, 0.2) is 71.3 Å². The molecule has 10 heteroatoms. The number of nitrogens with zero attached hydrogens (tertiary/aromatic N) is 4. The van der Waals surface area contributed by atoms with Gasteiger partial charge in [-0.3, -0.25) is 9.52 Å². The molecule has 4 aromatic rings. The maximum atomic E-state index is 12.8. The Morgan fingerprint density at radius 2 is 1.85 bits per heavy atom. The summed E-state index contributed by atoms with van der Waals surface area (Å²) in [7, 11) is -3.65. The number of likely N-dealkylation sites (tertiary alicyclic amines) is 1. The molecule has 0 unspecified atom stereocenters. The lowest BCUT2D eigenvalue weighted by molar-refractivity contribution is -0.132. The summed E-state index contributed by atoms with van der Waals surface area (Å²) in [6.07, 6.45) is 6.89. The van der Waals surface area contributed by atoms with Gasteiger partial charge in [-0.15, -0.1) is 11.3 Å². The first kappa shape index (κ1) is 21.6. The Bertz CT molecular complexity index is 1360. The number of carbonyl (C=O) groups excluding carboxylic acids is 1. The number of thiazole rings is 1. The molecule has 0 radical (unpaired) electrons. The van der Waals surface area contributed by atoms with E-state index in [1.54, 1.807) is 29.9 Å². The van der Waals surface area contributed by atoms with E-state index in [1.165, 1.54) is 11.3 Å². The zero-order chi connectivity index (χ0) is 22.8. The SMILES string of the molecule is O=C(Cn1ccc2cccnc21)N1CCC(c2ccc(S(=O)(=O)Nc3nccs3)cc2)CC1. The summed E-state index contributed by atoms with van der Waals surface area (Å²) in [5.74, 6) is 0.387. The number of rotatable bonds is 6. The van der Waals surface area contributed by atoms with Gasteiger partial charge in [0.05, 0.1) is 4.90 Å². The Morgan fingerprint density at radius 3 is 2.58 bits per heavy atom. The van der Waals surface area contributed by atoms with E-state index in [9.17, 15) is 13.2 Å². The van der Waals surface area contributed by atoms with E-state index < -0.39 is 10.0 Å². The van der Waals surface area contributed by atoms with E-state index in [2.05, 4.69) is 14.7 Å². The number of sulfonamides is 1. The summed E-state index contributed by atoms with van der Waals surface area (Å²) in [5.41, 5.74) is 1.91. The number of hydrogen-bond donors (Lipinski definition) is 1. The van der Waals surface area contributed by atoms with Crippen molar-refractivity contribution in [3.8, 4) is 0 Å². The van der Waals surface area contributed by atoms with Gasteiger partial charge in [-0.25, -0.2) is 18.4 Å². The van der Waals surface area contributed by atoms with Crippen LogP contribution in [0.5, 0.6) is 0 Å². The normalized spacial score (nSPS) is 15.1. The van der Waals surface area contributed by atoms with Gasteiger partial charge in [0.25, 0.3) is 10.0 Å². The van der Waals surface area contributed by atoms with Crippen LogP contribution in [0.1, 0.15) is 24.3 Å². The molecule has 0 atom stereocenters. The van der Waals surface area contributed by atoms with Crippen molar-refractivity contribution in [2.75, 3.05) is 17.8 Å². The van der Waals surface area contributed by atoms with Crippen LogP contribution in [0.3, 0.4) is 0 Å². The summed E-state index contributed by atoms with van der Waals surface area (Å²) >= 11 is 1.24. The van der Waals surface area contributed by atoms with Crippen LogP contribution in [0, 0.1) is 0 Å². The zero-order valence-electron chi connectivity index (χ0n) is 17.8. The minimum Gasteiger partial charge on any atom is -0.341 e. The Labute approximate surface area is 196 Å². The lowest BCUT2D eigenvalue weighted by Gasteiger charge is -2.32. The molecule has 1 saturated heterocycles. The molecule has 1 fully saturated rings. The van der Waals surface area contributed by atoms with Crippen molar-refractivity contribution in [3.05, 3.63) is 72.0 Å². The summed E-state index contributed by atoms with van der Waals surface area (Å²) < 4.78 is 29.4. The van der Waals surface area contributed by atoms with Crippen molar-refractivity contribution >= 4 is 43.4 Å². The van der Waals surface area contributed by atoms with Gasteiger partial charge in [0.15, 0.2) is 5.13 Å². The molecule has 1 aliphatic heterocycles. The van der Waals surface area contributed by atoms with E-state index >= 15 is 0 Å². The molecule has 1 N–H and O–H groups in total. The number of nitrogens with one attached hydrogen (secondary N) is 1. The van der Waals surface area contributed by atoms with E-state index in [0.717, 1.165) is 29.4 Å². The van der Waals surface area contributed by atoms with E-state index in [4.69, 9.17) is 0 Å². The molecule has 1 aromatic carbocycles. The quantitative estimate of drug-likeness (QED) is 0.453. The van der Waals surface area contributed by atoms with Gasteiger partial charge in [-0.05, 0) is 54.7 Å². The molecule has 4 heterocycles. The van der Waals surface area contributed by atoms with Gasteiger partial charge in [0, 0.05) is 42.4 Å². The molecule has 0 aliphatic carbocycles. The third-order valence-corrected chi connectivity index (χ3v) is 8.16. The number of carbonyl (C=O) groups is 1. The Hall–Kier alpha value is -3.24. The predicted octanol–water partition coefficient (Wildman–Crippen LogP) is 3.70. The average molecular weight is 482 g/mol. The molecule has 33 heavy (non-hydrogen) atoms. The molecule has 1 amide bonds. The van der Waals surface area contributed by atoms with E-state index in [-0.39, 0.29) is 17.3 Å². The fraction of sp³-hybridized carbons (Fsp3) is 0.261. The Balaban J connectivity index is 1.19.